The Morgan fingerprint density at radius 3 is 2.89 bits per heavy atom. The fraction of sp³-hybridized carbons (Fsp3) is 0.250. The predicted octanol–water partition coefficient (Wildman–Crippen LogP) is 3.15. The van der Waals surface area contributed by atoms with E-state index < -0.39 is 0 Å². The Morgan fingerprint density at radius 1 is 1.39 bits per heavy atom. The molecule has 6 heteroatoms. The summed E-state index contributed by atoms with van der Waals surface area (Å²) in [7, 11) is 1.59. The van der Waals surface area contributed by atoms with Crippen LogP contribution in [0.25, 0.3) is 0 Å². The van der Waals surface area contributed by atoms with E-state index in [4.69, 9.17) is 10.5 Å². The van der Waals surface area contributed by atoms with Gasteiger partial charge in [0.15, 0.2) is 5.82 Å². The van der Waals surface area contributed by atoms with Crippen LogP contribution in [0.3, 0.4) is 0 Å². The molecule has 0 spiro atoms. The second kappa shape index (κ2) is 6.06. The molecule has 2 heterocycles. The molecule has 0 aliphatic rings. The first-order chi connectivity index (χ1) is 8.69. The first-order valence-corrected chi connectivity index (χ1v) is 7.08. The number of anilines is 2. The van der Waals surface area contributed by atoms with E-state index in [1.807, 2.05) is 0 Å². The third-order valence-corrected chi connectivity index (χ3v) is 4.09. The number of thiophene rings is 1. The van der Waals surface area contributed by atoms with Gasteiger partial charge in [-0.1, -0.05) is 0 Å². The minimum Gasteiger partial charge on any atom is -0.481 e. The number of halogens is 1. The topological polar surface area (TPSA) is 60.2 Å². The van der Waals surface area contributed by atoms with Crippen LogP contribution in [0.5, 0.6) is 5.88 Å². The molecule has 18 heavy (non-hydrogen) atoms. The highest BCUT2D eigenvalue weighted by Gasteiger charge is 2.03. The van der Waals surface area contributed by atoms with Crippen molar-refractivity contribution in [3.63, 3.8) is 0 Å². The van der Waals surface area contributed by atoms with Crippen LogP contribution in [-0.4, -0.2) is 18.6 Å². The maximum Gasteiger partial charge on any atom is 0.215 e. The molecule has 0 amide bonds. The molecule has 2 aromatic heterocycles. The monoisotopic (exact) mass is 327 g/mol. The number of nitrogens with two attached hydrogens (primary N) is 1. The van der Waals surface area contributed by atoms with Crippen molar-refractivity contribution in [1.82, 2.24) is 4.98 Å². The molecule has 2 aromatic rings. The number of nitrogens with zero attached hydrogens (tertiary/aromatic N) is 1. The molecule has 0 aliphatic heterocycles. The number of pyridine rings is 1. The summed E-state index contributed by atoms with van der Waals surface area (Å²) in [5.41, 5.74) is 6.47. The SMILES string of the molecule is COc1ccc(N)c(NCCc2ccc(Br)s2)n1. The van der Waals surface area contributed by atoms with Gasteiger partial charge in [-0.05, 0) is 40.5 Å². The number of nitrogens with one attached hydrogen (secondary N) is 1. The quantitative estimate of drug-likeness (QED) is 0.885. The van der Waals surface area contributed by atoms with Crippen molar-refractivity contribution < 1.29 is 4.74 Å². The highest BCUT2D eigenvalue weighted by Crippen LogP contribution is 2.23. The minimum atomic E-state index is 0.561. The summed E-state index contributed by atoms with van der Waals surface area (Å²) in [5.74, 6) is 1.23. The largest absolute Gasteiger partial charge is 0.481 e. The van der Waals surface area contributed by atoms with Gasteiger partial charge in [0, 0.05) is 17.5 Å². The summed E-state index contributed by atoms with van der Waals surface area (Å²) in [6, 6.07) is 7.70. The smallest absolute Gasteiger partial charge is 0.215 e. The van der Waals surface area contributed by atoms with Crippen molar-refractivity contribution in [2.45, 2.75) is 6.42 Å². The fourth-order valence-corrected chi connectivity index (χ4v) is 2.98. The summed E-state index contributed by atoms with van der Waals surface area (Å²) >= 11 is 5.18. The Labute approximate surface area is 118 Å². The summed E-state index contributed by atoms with van der Waals surface area (Å²) in [6.07, 6.45) is 0.939. The number of rotatable bonds is 5. The summed E-state index contributed by atoms with van der Waals surface area (Å²) in [6.45, 7) is 0.789. The van der Waals surface area contributed by atoms with Gasteiger partial charge in [0.05, 0.1) is 16.6 Å². The third-order valence-electron chi connectivity index (χ3n) is 2.40. The zero-order valence-electron chi connectivity index (χ0n) is 9.94. The zero-order chi connectivity index (χ0) is 13.0. The molecule has 96 valence electrons. The van der Waals surface area contributed by atoms with Crippen LogP contribution < -0.4 is 15.8 Å². The van der Waals surface area contributed by atoms with Crippen molar-refractivity contribution in [2.75, 3.05) is 24.7 Å². The van der Waals surface area contributed by atoms with Crippen molar-refractivity contribution in [3.05, 3.63) is 32.9 Å². The van der Waals surface area contributed by atoms with E-state index in [1.165, 1.54) is 4.88 Å². The Balaban J connectivity index is 1.93. The summed E-state index contributed by atoms with van der Waals surface area (Å²) in [5, 5.41) is 3.22. The molecule has 3 N–H and O–H groups in total. The molecule has 0 radical (unpaired) electrons. The lowest BCUT2D eigenvalue weighted by molar-refractivity contribution is 0.398. The number of methoxy groups -OCH3 is 1. The van der Waals surface area contributed by atoms with E-state index in [-0.39, 0.29) is 0 Å². The van der Waals surface area contributed by atoms with E-state index in [9.17, 15) is 0 Å². The van der Waals surface area contributed by atoms with Gasteiger partial charge in [0.2, 0.25) is 5.88 Å². The molecule has 0 fully saturated rings. The van der Waals surface area contributed by atoms with Crippen molar-refractivity contribution >= 4 is 38.8 Å². The van der Waals surface area contributed by atoms with E-state index in [1.54, 1.807) is 30.6 Å². The lowest BCUT2D eigenvalue weighted by Crippen LogP contribution is -2.08. The molecule has 0 unspecified atom stereocenters. The number of hydrogen-bond donors (Lipinski definition) is 2. The number of aromatic nitrogens is 1. The standard InChI is InChI=1S/C12H14BrN3OS/c1-17-11-5-3-9(14)12(16-11)15-7-6-8-2-4-10(13)18-8/h2-5H,6-7,14H2,1H3,(H,15,16). The number of ether oxygens (including phenoxy) is 1. The van der Waals surface area contributed by atoms with Crippen LogP contribution >= 0.6 is 27.3 Å². The van der Waals surface area contributed by atoms with Gasteiger partial charge >= 0.3 is 0 Å². The lowest BCUT2D eigenvalue weighted by atomic mass is 10.3. The molecule has 0 atom stereocenters. The second-order valence-electron chi connectivity index (χ2n) is 3.67. The maximum atomic E-state index is 5.84. The highest BCUT2D eigenvalue weighted by atomic mass is 79.9. The molecule has 4 nitrogen and oxygen atoms in total. The molecule has 0 saturated carbocycles. The number of nitrogen functional groups attached to an aromatic ring is 1. The molecule has 2 rings (SSSR count). The molecule has 0 aliphatic carbocycles. The van der Waals surface area contributed by atoms with Crippen molar-refractivity contribution in [3.8, 4) is 5.88 Å². The molecule has 0 bridgehead atoms. The normalized spacial score (nSPS) is 10.3. The van der Waals surface area contributed by atoms with E-state index >= 15 is 0 Å². The van der Waals surface area contributed by atoms with E-state index in [0.717, 1.165) is 16.8 Å². The van der Waals surface area contributed by atoms with Crippen LogP contribution in [0.2, 0.25) is 0 Å². The Bertz CT molecular complexity index is 530. The van der Waals surface area contributed by atoms with Gasteiger partial charge in [0.25, 0.3) is 0 Å². The van der Waals surface area contributed by atoms with Crippen LogP contribution in [0.15, 0.2) is 28.1 Å². The van der Waals surface area contributed by atoms with Crippen LogP contribution in [0.4, 0.5) is 11.5 Å². The Morgan fingerprint density at radius 2 is 2.22 bits per heavy atom. The summed E-state index contributed by atoms with van der Waals surface area (Å²) < 4.78 is 6.22. The van der Waals surface area contributed by atoms with Crippen LogP contribution in [0.1, 0.15) is 4.88 Å². The van der Waals surface area contributed by atoms with Crippen molar-refractivity contribution in [2.24, 2.45) is 0 Å². The Kier molecular flexibility index (Phi) is 4.43. The van der Waals surface area contributed by atoms with Gasteiger partial charge in [-0.25, -0.2) is 0 Å². The Hall–Kier alpha value is -1.27. The van der Waals surface area contributed by atoms with Crippen LogP contribution in [0, 0.1) is 0 Å². The summed E-state index contributed by atoms with van der Waals surface area (Å²) in [4.78, 5) is 5.58. The van der Waals surface area contributed by atoms with E-state index in [0.29, 0.717) is 17.4 Å². The maximum absolute atomic E-state index is 5.84. The molecule has 0 saturated heterocycles. The van der Waals surface area contributed by atoms with Crippen molar-refractivity contribution in [1.29, 1.82) is 0 Å². The van der Waals surface area contributed by atoms with Gasteiger partial charge in [0.1, 0.15) is 0 Å². The molecular formula is C12H14BrN3OS. The van der Waals surface area contributed by atoms with Gasteiger partial charge in [-0.2, -0.15) is 4.98 Å². The first-order valence-electron chi connectivity index (χ1n) is 5.47. The van der Waals surface area contributed by atoms with Gasteiger partial charge in [-0.3, -0.25) is 0 Å². The number of hydrogen-bond acceptors (Lipinski definition) is 5. The minimum absolute atomic E-state index is 0.561. The zero-order valence-corrected chi connectivity index (χ0v) is 12.3. The molecular weight excluding hydrogens is 314 g/mol. The molecule has 0 aromatic carbocycles. The fourth-order valence-electron chi connectivity index (χ4n) is 1.50. The van der Waals surface area contributed by atoms with Crippen LogP contribution in [-0.2, 0) is 6.42 Å². The highest BCUT2D eigenvalue weighted by molar-refractivity contribution is 9.11. The van der Waals surface area contributed by atoms with E-state index in [2.05, 4.69) is 38.4 Å². The third kappa shape index (κ3) is 3.36. The average molecular weight is 328 g/mol. The average Bonchev–Trinajstić information content (AvgIpc) is 2.77. The second-order valence-corrected chi connectivity index (χ2v) is 6.22. The first kappa shape index (κ1) is 13.2. The predicted molar refractivity (Wildman–Crippen MR) is 79.4 cm³/mol. The van der Waals surface area contributed by atoms with Gasteiger partial charge in [-0.15, -0.1) is 11.3 Å². The van der Waals surface area contributed by atoms with Gasteiger partial charge < -0.3 is 15.8 Å². The lowest BCUT2D eigenvalue weighted by Gasteiger charge is -2.09.